The predicted octanol–water partition coefficient (Wildman–Crippen LogP) is -1.33. The number of nitrogens with zero attached hydrogens (tertiary/aromatic N) is 1. The van der Waals surface area contributed by atoms with E-state index in [9.17, 15) is 19.2 Å². The molecular weight excluding hydrogens is 350 g/mol. The van der Waals surface area contributed by atoms with Crippen LogP contribution in [-0.4, -0.2) is 62.9 Å². The summed E-state index contributed by atoms with van der Waals surface area (Å²) in [6.07, 6.45) is -0.339. The number of carboxylic acids is 2. The molecule has 0 radical (unpaired) electrons. The highest BCUT2D eigenvalue weighted by Crippen LogP contribution is 2.08. The van der Waals surface area contributed by atoms with Gasteiger partial charge in [0.15, 0.2) is 6.04 Å². The van der Waals surface area contributed by atoms with Crippen LogP contribution in [0.2, 0.25) is 0 Å². The molecule has 132 valence electrons. The van der Waals surface area contributed by atoms with Crippen LogP contribution >= 0.6 is 25.5 Å². The minimum absolute atomic E-state index is 0.118. The normalized spacial score (nSPS) is 14.4. The van der Waals surface area contributed by atoms with Crippen LogP contribution in [0.15, 0.2) is 0 Å². The Labute approximate surface area is 143 Å². The number of carboxylic acid groups (broad SMARTS) is 2. The number of carbonyl (C=O) groups is 4. The third kappa shape index (κ3) is 7.07. The van der Waals surface area contributed by atoms with Gasteiger partial charge in [-0.25, -0.2) is 9.08 Å². The van der Waals surface area contributed by atoms with E-state index in [1.807, 2.05) is 0 Å². The molecular formula is C11H19N3O7S2. The molecule has 3 atom stereocenters. The van der Waals surface area contributed by atoms with Gasteiger partial charge in [-0.05, 0) is 13.3 Å². The molecule has 0 rings (SSSR count). The van der Waals surface area contributed by atoms with E-state index >= 15 is 0 Å². The Morgan fingerprint density at radius 1 is 1.26 bits per heavy atom. The first-order valence-corrected chi connectivity index (χ1v) is 7.41. The van der Waals surface area contributed by atoms with E-state index in [4.69, 9.17) is 15.9 Å². The van der Waals surface area contributed by atoms with Gasteiger partial charge in [-0.3, -0.25) is 14.4 Å². The highest BCUT2D eigenvalue weighted by atomic mass is 32.1. The van der Waals surface area contributed by atoms with Crippen molar-refractivity contribution in [1.82, 2.24) is 10.4 Å². The summed E-state index contributed by atoms with van der Waals surface area (Å²) in [5, 5.41) is 20.3. The fourth-order valence-electron chi connectivity index (χ4n) is 1.42. The Bertz CT molecular complexity index is 463. The van der Waals surface area contributed by atoms with E-state index in [1.165, 1.54) is 6.92 Å². The van der Waals surface area contributed by atoms with Crippen LogP contribution in [0.3, 0.4) is 0 Å². The summed E-state index contributed by atoms with van der Waals surface area (Å²) in [5.74, 6) is -4.19. The summed E-state index contributed by atoms with van der Waals surface area (Å²) < 4.78 is 4.44. The molecule has 5 N–H and O–H groups in total. The molecule has 0 bridgehead atoms. The minimum Gasteiger partial charge on any atom is -0.480 e. The Hall–Kier alpha value is -1.50. The average molecular weight is 369 g/mol. The Kier molecular flexibility index (Phi) is 9.64. The van der Waals surface area contributed by atoms with E-state index in [-0.39, 0.29) is 18.6 Å². The number of nitrogens with one attached hydrogen (secondary N) is 1. The number of hydrogen-bond acceptors (Lipinski definition) is 8. The van der Waals surface area contributed by atoms with Crippen molar-refractivity contribution in [2.75, 3.05) is 5.75 Å². The number of hydrogen-bond donors (Lipinski definition) is 6. The second-order valence-corrected chi connectivity index (χ2v) is 5.07. The van der Waals surface area contributed by atoms with E-state index in [2.05, 4.69) is 35.1 Å². The van der Waals surface area contributed by atoms with Crippen LogP contribution in [0.1, 0.15) is 19.8 Å². The van der Waals surface area contributed by atoms with Gasteiger partial charge in [0.05, 0.1) is 0 Å². The molecule has 0 heterocycles. The summed E-state index contributed by atoms with van der Waals surface area (Å²) in [7, 11) is 0. The first kappa shape index (κ1) is 21.5. The fourth-order valence-corrected chi connectivity index (χ4v) is 1.89. The van der Waals surface area contributed by atoms with Gasteiger partial charge in [0, 0.05) is 25.1 Å². The van der Waals surface area contributed by atoms with E-state index in [0.29, 0.717) is 5.06 Å². The third-order valence-corrected chi connectivity index (χ3v) is 3.37. The zero-order valence-electron chi connectivity index (χ0n) is 12.2. The van der Waals surface area contributed by atoms with Crippen LogP contribution in [0.4, 0.5) is 0 Å². The van der Waals surface area contributed by atoms with E-state index in [0.717, 1.165) is 0 Å². The SMILES string of the molecule is CC(C(=O)O)N(OS)C(=O)C(CS)NC(=O)CCC(N)C(=O)O. The molecule has 0 saturated carbocycles. The Morgan fingerprint density at radius 2 is 1.83 bits per heavy atom. The second kappa shape index (κ2) is 10.3. The molecule has 10 nitrogen and oxygen atoms in total. The Morgan fingerprint density at radius 3 is 2.22 bits per heavy atom. The summed E-state index contributed by atoms with van der Waals surface area (Å²) in [5.41, 5.74) is 5.27. The minimum atomic E-state index is -1.33. The van der Waals surface area contributed by atoms with Crippen LogP contribution in [-0.2, 0) is 23.5 Å². The van der Waals surface area contributed by atoms with Crippen molar-refractivity contribution in [2.45, 2.75) is 37.9 Å². The maximum absolute atomic E-state index is 12.1. The van der Waals surface area contributed by atoms with Crippen LogP contribution in [0, 0.1) is 0 Å². The highest BCUT2D eigenvalue weighted by Gasteiger charge is 2.32. The van der Waals surface area contributed by atoms with Crippen LogP contribution in [0.5, 0.6) is 0 Å². The number of aliphatic carboxylic acids is 2. The van der Waals surface area contributed by atoms with Crippen molar-refractivity contribution in [3.63, 3.8) is 0 Å². The highest BCUT2D eigenvalue weighted by molar-refractivity contribution is 7.80. The van der Waals surface area contributed by atoms with Crippen molar-refractivity contribution in [3.05, 3.63) is 0 Å². The molecule has 0 fully saturated rings. The standard InChI is InChI=1S/C11H19N3O7S2/c1-5(10(17)18)14(21-23)9(16)7(4-22)13-8(15)3-2-6(12)11(19)20/h5-7,22-23H,2-4,12H2,1H3,(H,13,15)(H,17,18)(H,19,20). The molecule has 23 heavy (non-hydrogen) atoms. The lowest BCUT2D eigenvalue weighted by Crippen LogP contribution is -2.53. The quantitative estimate of drug-likeness (QED) is 0.157. The number of hydroxylamine groups is 2. The number of thiol groups is 2. The predicted molar refractivity (Wildman–Crippen MR) is 84.6 cm³/mol. The van der Waals surface area contributed by atoms with Crippen molar-refractivity contribution in [1.29, 1.82) is 0 Å². The van der Waals surface area contributed by atoms with Crippen LogP contribution in [0.25, 0.3) is 0 Å². The van der Waals surface area contributed by atoms with Gasteiger partial charge in [0.2, 0.25) is 5.91 Å². The zero-order valence-corrected chi connectivity index (χ0v) is 14.0. The first-order valence-electron chi connectivity index (χ1n) is 6.41. The molecule has 0 aromatic rings. The average Bonchev–Trinajstić information content (AvgIpc) is 2.50. The number of amides is 2. The maximum Gasteiger partial charge on any atom is 0.328 e. The van der Waals surface area contributed by atoms with E-state index in [1.54, 1.807) is 0 Å². The lowest BCUT2D eigenvalue weighted by molar-refractivity contribution is -0.173. The van der Waals surface area contributed by atoms with Gasteiger partial charge in [-0.2, -0.15) is 17.7 Å². The monoisotopic (exact) mass is 369 g/mol. The molecule has 0 aliphatic heterocycles. The number of rotatable bonds is 10. The molecule has 0 saturated heterocycles. The van der Waals surface area contributed by atoms with Crippen LogP contribution < -0.4 is 11.1 Å². The largest absolute Gasteiger partial charge is 0.480 e. The summed E-state index contributed by atoms with van der Waals surface area (Å²) >= 11 is 7.34. The van der Waals surface area contributed by atoms with Gasteiger partial charge in [-0.15, -0.1) is 0 Å². The zero-order chi connectivity index (χ0) is 18.2. The van der Waals surface area contributed by atoms with E-state index < -0.39 is 41.9 Å². The summed E-state index contributed by atoms with van der Waals surface area (Å²) in [4.78, 5) is 45.3. The molecule has 0 aromatic carbocycles. The summed E-state index contributed by atoms with van der Waals surface area (Å²) in [6, 6.07) is -3.70. The maximum atomic E-state index is 12.1. The first-order chi connectivity index (χ1) is 10.6. The lowest BCUT2D eigenvalue weighted by atomic mass is 10.1. The molecule has 12 heteroatoms. The number of nitrogens with two attached hydrogens (primary N) is 1. The topological polar surface area (TPSA) is 159 Å². The van der Waals surface area contributed by atoms with Crippen molar-refractivity contribution < 1.29 is 33.7 Å². The molecule has 2 amide bonds. The molecule has 0 spiro atoms. The number of carbonyl (C=O) groups excluding carboxylic acids is 2. The molecule has 3 unspecified atom stereocenters. The van der Waals surface area contributed by atoms with Crippen molar-refractivity contribution in [3.8, 4) is 0 Å². The second-order valence-electron chi connectivity index (χ2n) is 4.55. The Balaban J connectivity index is 4.74. The van der Waals surface area contributed by atoms with Gasteiger partial charge >= 0.3 is 11.9 Å². The van der Waals surface area contributed by atoms with Gasteiger partial charge < -0.3 is 21.3 Å². The van der Waals surface area contributed by atoms with Gasteiger partial charge in [0.1, 0.15) is 12.1 Å². The smallest absolute Gasteiger partial charge is 0.328 e. The molecule has 0 aromatic heterocycles. The fraction of sp³-hybridized carbons (Fsp3) is 0.636. The van der Waals surface area contributed by atoms with Gasteiger partial charge in [-0.1, -0.05) is 0 Å². The summed E-state index contributed by atoms with van der Waals surface area (Å²) in [6.45, 7) is 1.19. The van der Waals surface area contributed by atoms with Crippen molar-refractivity contribution in [2.24, 2.45) is 5.73 Å². The lowest BCUT2D eigenvalue weighted by Gasteiger charge is -2.26. The van der Waals surface area contributed by atoms with Gasteiger partial charge in [0.25, 0.3) is 5.91 Å². The molecule has 0 aliphatic carbocycles. The molecule has 0 aliphatic rings. The van der Waals surface area contributed by atoms with Crippen molar-refractivity contribution >= 4 is 49.3 Å². The third-order valence-electron chi connectivity index (χ3n) is 2.83.